The van der Waals surface area contributed by atoms with Crippen LogP contribution in [0.25, 0.3) is 0 Å². The van der Waals surface area contributed by atoms with Gasteiger partial charge in [0.25, 0.3) is 0 Å². The maximum Gasteiger partial charge on any atom is 0.0591 e. The number of rotatable bonds is 2. The van der Waals surface area contributed by atoms with Crippen LogP contribution in [0.1, 0.15) is 26.7 Å². The molecule has 1 N–H and O–H groups in total. The molecule has 2 nitrogen and oxygen atoms in total. The lowest BCUT2D eigenvalue weighted by molar-refractivity contribution is -0.00679. The lowest BCUT2D eigenvalue weighted by atomic mass is 9.75. The molecular weight excluding hydrogens is 152 g/mol. The second-order valence-electron chi connectivity index (χ2n) is 4.24. The zero-order valence-electron chi connectivity index (χ0n) is 8.29. The Kier molecular flexibility index (Phi) is 3.53. The second kappa shape index (κ2) is 4.24. The number of methoxy groups -OCH3 is 1. The molecule has 1 saturated carbocycles. The highest BCUT2D eigenvalue weighted by Gasteiger charge is 2.31. The molecule has 1 aliphatic rings. The van der Waals surface area contributed by atoms with Crippen LogP contribution in [-0.2, 0) is 4.74 Å². The molecule has 0 bridgehead atoms. The van der Waals surface area contributed by atoms with Gasteiger partial charge >= 0.3 is 0 Å². The molecule has 0 aromatic heterocycles. The van der Waals surface area contributed by atoms with Gasteiger partial charge in [-0.2, -0.15) is 0 Å². The van der Waals surface area contributed by atoms with E-state index in [9.17, 15) is 5.11 Å². The standard InChI is InChI=1S/C10H20O2/c1-7-4-9(6-12-3)5-8(2)10(7)11/h7-11H,4-6H2,1-3H3. The Labute approximate surface area is 74.9 Å². The average molecular weight is 172 g/mol. The van der Waals surface area contributed by atoms with Gasteiger partial charge in [-0.1, -0.05) is 13.8 Å². The third-order valence-corrected chi connectivity index (χ3v) is 2.98. The Morgan fingerprint density at radius 1 is 1.25 bits per heavy atom. The zero-order chi connectivity index (χ0) is 9.14. The molecule has 1 aliphatic carbocycles. The Bertz CT molecular complexity index is 124. The van der Waals surface area contributed by atoms with Gasteiger partial charge in [0, 0.05) is 13.7 Å². The molecular formula is C10H20O2. The molecule has 12 heavy (non-hydrogen) atoms. The molecule has 0 aromatic carbocycles. The number of aliphatic hydroxyl groups excluding tert-OH is 1. The van der Waals surface area contributed by atoms with E-state index in [4.69, 9.17) is 4.74 Å². The van der Waals surface area contributed by atoms with E-state index in [1.54, 1.807) is 7.11 Å². The Morgan fingerprint density at radius 2 is 1.75 bits per heavy atom. The number of hydrogen-bond donors (Lipinski definition) is 1. The van der Waals surface area contributed by atoms with E-state index in [0.717, 1.165) is 19.4 Å². The summed E-state index contributed by atoms with van der Waals surface area (Å²) in [5, 5.41) is 9.69. The maximum atomic E-state index is 9.69. The summed E-state index contributed by atoms with van der Waals surface area (Å²) in [6.07, 6.45) is 2.12. The van der Waals surface area contributed by atoms with Crippen molar-refractivity contribution in [1.82, 2.24) is 0 Å². The summed E-state index contributed by atoms with van der Waals surface area (Å²) in [7, 11) is 1.75. The van der Waals surface area contributed by atoms with Gasteiger partial charge in [-0.15, -0.1) is 0 Å². The van der Waals surface area contributed by atoms with Crippen molar-refractivity contribution in [1.29, 1.82) is 0 Å². The first-order valence-electron chi connectivity index (χ1n) is 4.82. The summed E-state index contributed by atoms with van der Waals surface area (Å²) in [5.41, 5.74) is 0. The predicted molar refractivity (Wildman–Crippen MR) is 48.9 cm³/mol. The maximum absolute atomic E-state index is 9.69. The predicted octanol–water partition coefficient (Wildman–Crippen LogP) is 1.68. The van der Waals surface area contributed by atoms with Crippen LogP contribution in [0.3, 0.4) is 0 Å². The minimum atomic E-state index is -0.0990. The molecule has 0 saturated heterocycles. The fraction of sp³-hybridized carbons (Fsp3) is 1.00. The Morgan fingerprint density at radius 3 is 2.17 bits per heavy atom. The van der Waals surface area contributed by atoms with Crippen molar-refractivity contribution < 1.29 is 9.84 Å². The topological polar surface area (TPSA) is 29.5 Å². The fourth-order valence-electron chi connectivity index (χ4n) is 2.36. The number of hydrogen-bond acceptors (Lipinski definition) is 2. The largest absolute Gasteiger partial charge is 0.393 e. The molecule has 1 fully saturated rings. The molecule has 1 rings (SSSR count). The summed E-state index contributed by atoms with van der Waals surface area (Å²) < 4.78 is 5.13. The number of aliphatic hydroxyl groups is 1. The molecule has 2 unspecified atom stereocenters. The lowest BCUT2D eigenvalue weighted by Crippen LogP contribution is -2.35. The van der Waals surface area contributed by atoms with Gasteiger partial charge in [0.2, 0.25) is 0 Å². The van der Waals surface area contributed by atoms with Gasteiger partial charge in [0.05, 0.1) is 6.10 Å². The second-order valence-corrected chi connectivity index (χ2v) is 4.24. The summed E-state index contributed by atoms with van der Waals surface area (Å²) in [4.78, 5) is 0. The SMILES string of the molecule is COCC1CC(C)C(O)C(C)C1. The summed E-state index contributed by atoms with van der Waals surface area (Å²) in [6.45, 7) is 5.10. The van der Waals surface area contributed by atoms with E-state index in [2.05, 4.69) is 13.8 Å². The summed E-state index contributed by atoms with van der Waals surface area (Å²) in [5.74, 6) is 1.53. The Hall–Kier alpha value is -0.0800. The molecule has 0 spiro atoms. The highest BCUT2D eigenvalue weighted by Crippen LogP contribution is 2.33. The molecule has 0 heterocycles. The molecule has 2 atom stereocenters. The van der Waals surface area contributed by atoms with E-state index >= 15 is 0 Å². The lowest BCUT2D eigenvalue weighted by Gasteiger charge is -2.35. The van der Waals surface area contributed by atoms with Gasteiger partial charge in [0.1, 0.15) is 0 Å². The summed E-state index contributed by atoms with van der Waals surface area (Å²) >= 11 is 0. The van der Waals surface area contributed by atoms with E-state index in [-0.39, 0.29) is 6.10 Å². The van der Waals surface area contributed by atoms with Gasteiger partial charge in [0.15, 0.2) is 0 Å². The first kappa shape index (κ1) is 10.0. The van der Waals surface area contributed by atoms with Crippen molar-refractivity contribution in [2.75, 3.05) is 13.7 Å². The van der Waals surface area contributed by atoms with E-state index in [1.165, 1.54) is 0 Å². The first-order chi connectivity index (χ1) is 5.65. The van der Waals surface area contributed by atoms with Gasteiger partial charge < -0.3 is 9.84 Å². The van der Waals surface area contributed by atoms with Crippen molar-refractivity contribution in [2.24, 2.45) is 17.8 Å². The monoisotopic (exact) mass is 172 g/mol. The highest BCUT2D eigenvalue weighted by atomic mass is 16.5. The Balaban J connectivity index is 2.42. The zero-order valence-corrected chi connectivity index (χ0v) is 8.29. The third-order valence-electron chi connectivity index (χ3n) is 2.98. The van der Waals surface area contributed by atoms with Crippen molar-refractivity contribution >= 4 is 0 Å². The third kappa shape index (κ3) is 2.20. The molecule has 0 radical (unpaired) electrons. The van der Waals surface area contributed by atoms with Crippen LogP contribution in [0.5, 0.6) is 0 Å². The van der Waals surface area contributed by atoms with Crippen molar-refractivity contribution in [3.63, 3.8) is 0 Å². The van der Waals surface area contributed by atoms with Crippen LogP contribution >= 0.6 is 0 Å². The fourth-order valence-corrected chi connectivity index (χ4v) is 2.36. The van der Waals surface area contributed by atoms with E-state index in [1.807, 2.05) is 0 Å². The average Bonchev–Trinajstić information content (AvgIpc) is 2.01. The highest BCUT2D eigenvalue weighted by molar-refractivity contribution is 4.81. The molecule has 0 aliphatic heterocycles. The first-order valence-corrected chi connectivity index (χ1v) is 4.82. The van der Waals surface area contributed by atoms with Crippen LogP contribution in [0.15, 0.2) is 0 Å². The van der Waals surface area contributed by atoms with Crippen molar-refractivity contribution in [3.05, 3.63) is 0 Å². The normalized spacial score (nSPS) is 43.0. The summed E-state index contributed by atoms with van der Waals surface area (Å²) in [6, 6.07) is 0. The van der Waals surface area contributed by atoms with Crippen LogP contribution < -0.4 is 0 Å². The van der Waals surface area contributed by atoms with Gasteiger partial charge in [-0.25, -0.2) is 0 Å². The van der Waals surface area contributed by atoms with Crippen molar-refractivity contribution in [3.8, 4) is 0 Å². The molecule has 0 amide bonds. The number of ether oxygens (including phenoxy) is 1. The van der Waals surface area contributed by atoms with Crippen LogP contribution in [0, 0.1) is 17.8 Å². The minimum Gasteiger partial charge on any atom is -0.393 e. The van der Waals surface area contributed by atoms with Crippen molar-refractivity contribution in [2.45, 2.75) is 32.8 Å². The van der Waals surface area contributed by atoms with Crippen LogP contribution in [0.2, 0.25) is 0 Å². The molecule has 2 heteroatoms. The minimum absolute atomic E-state index is 0.0990. The molecule has 72 valence electrons. The van der Waals surface area contributed by atoms with Gasteiger partial charge in [-0.3, -0.25) is 0 Å². The van der Waals surface area contributed by atoms with E-state index < -0.39 is 0 Å². The van der Waals surface area contributed by atoms with Crippen LogP contribution in [-0.4, -0.2) is 24.9 Å². The molecule has 0 aromatic rings. The quantitative estimate of drug-likeness (QED) is 0.686. The van der Waals surface area contributed by atoms with Gasteiger partial charge in [-0.05, 0) is 30.6 Å². The van der Waals surface area contributed by atoms with Crippen LogP contribution in [0.4, 0.5) is 0 Å². The van der Waals surface area contributed by atoms with E-state index in [0.29, 0.717) is 17.8 Å². The smallest absolute Gasteiger partial charge is 0.0591 e.